The molecule has 0 bridgehead atoms. The van der Waals surface area contributed by atoms with Crippen molar-refractivity contribution in [2.75, 3.05) is 19.8 Å². The van der Waals surface area contributed by atoms with Crippen LogP contribution in [0.1, 0.15) is 18.3 Å². The monoisotopic (exact) mass is 266 g/mol. The van der Waals surface area contributed by atoms with Crippen molar-refractivity contribution in [3.05, 3.63) is 35.9 Å². The summed E-state index contributed by atoms with van der Waals surface area (Å²) in [6, 6.07) is 9.55. The van der Waals surface area contributed by atoms with Crippen LogP contribution in [-0.2, 0) is 14.2 Å². The Bertz CT molecular complexity index is 423. The molecule has 0 saturated carbocycles. The Hall–Kier alpha value is -0.980. The lowest BCUT2D eigenvalue weighted by atomic mass is 9.88. The Morgan fingerprint density at radius 2 is 2.05 bits per heavy atom. The van der Waals surface area contributed by atoms with Gasteiger partial charge >= 0.3 is 0 Å². The van der Waals surface area contributed by atoms with Gasteiger partial charge in [0.25, 0.3) is 0 Å². The molecule has 2 aliphatic heterocycles. The molecular formula is C14H18O5. The molecule has 3 rings (SSSR count). The van der Waals surface area contributed by atoms with Crippen molar-refractivity contribution in [1.29, 1.82) is 0 Å². The Kier molecular flexibility index (Phi) is 3.56. The van der Waals surface area contributed by atoms with Crippen molar-refractivity contribution >= 4 is 0 Å². The van der Waals surface area contributed by atoms with Crippen LogP contribution in [-0.4, -0.2) is 47.8 Å². The van der Waals surface area contributed by atoms with E-state index < -0.39 is 24.1 Å². The lowest BCUT2D eigenvalue weighted by Gasteiger charge is -2.49. The Labute approximate surface area is 111 Å². The predicted molar refractivity (Wildman–Crippen MR) is 66.4 cm³/mol. The number of benzene rings is 1. The molecule has 0 spiro atoms. The van der Waals surface area contributed by atoms with E-state index in [1.807, 2.05) is 30.3 Å². The summed E-state index contributed by atoms with van der Waals surface area (Å²) in [6.45, 7) is 0.391. The molecule has 2 saturated heterocycles. The fourth-order valence-electron chi connectivity index (χ4n) is 2.66. The number of ether oxygens (including phenoxy) is 3. The zero-order valence-corrected chi connectivity index (χ0v) is 10.6. The van der Waals surface area contributed by atoms with Gasteiger partial charge in [0.05, 0.1) is 25.9 Å². The van der Waals surface area contributed by atoms with Crippen LogP contribution in [0.3, 0.4) is 0 Å². The van der Waals surface area contributed by atoms with E-state index in [9.17, 15) is 10.2 Å². The highest BCUT2D eigenvalue weighted by Crippen LogP contribution is 2.38. The third kappa shape index (κ3) is 2.28. The van der Waals surface area contributed by atoms with Gasteiger partial charge in [0.15, 0.2) is 6.29 Å². The molecular weight excluding hydrogens is 248 g/mol. The smallest absolute Gasteiger partial charge is 0.184 e. The van der Waals surface area contributed by atoms with Gasteiger partial charge in [-0.05, 0) is 6.42 Å². The van der Waals surface area contributed by atoms with Crippen LogP contribution < -0.4 is 0 Å². The molecule has 0 radical (unpaired) electrons. The van der Waals surface area contributed by atoms with Gasteiger partial charge in [-0.3, -0.25) is 0 Å². The molecule has 0 amide bonds. The fourth-order valence-corrected chi connectivity index (χ4v) is 2.66. The summed E-state index contributed by atoms with van der Waals surface area (Å²) in [6.07, 6.45) is -1.23. The second kappa shape index (κ2) is 5.19. The molecule has 0 aromatic heterocycles. The highest BCUT2D eigenvalue weighted by molar-refractivity contribution is 5.17. The molecule has 1 aromatic carbocycles. The van der Waals surface area contributed by atoms with Crippen LogP contribution in [0.25, 0.3) is 0 Å². The summed E-state index contributed by atoms with van der Waals surface area (Å²) in [5.41, 5.74) is -0.0463. The van der Waals surface area contributed by atoms with Crippen LogP contribution in [0.2, 0.25) is 0 Å². The van der Waals surface area contributed by atoms with Crippen molar-refractivity contribution in [2.45, 2.75) is 30.5 Å². The minimum Gasteiger partial charge on any atom is -0.393 e. The van der Waals surface area contributed by atoms with E-state index in [1.54, 1.807) is 0 Å². The topological polar surface area (TPSA) is 68.2 Å². The van der Waals surface area contributed by atoms with Gasteiger partial charge in [0.2, 0.25) is 0 Å². The molecule has 104 valence electrons. The van der Waals surface area contributed by atoms with Gasteiger partial charge in [0, 0.05) is 5.56 Å². The van der Waals surface area contributed by atoms with Gasteiger partial charge in [-0.25, -0.2) is 0 Å². The molecule has 2 heterocycles. The van der Waals surface area contributed by atoms with E-state index in [1.165, 1.54) is 0 Å². The quantitative estimate of drug-likeness (QED) is 0.821. The van der Waals surface area contributed by atoms with Crippen molar-refractivity contribution in [2.24, 2.45) is 0 Å². The summed E-state index contributed by atoms with van der Waals surface area (Å²) in [5, 5.41) is 19.6. The number of fused-ring (bicyclic) bond motifs is 1. The molecule has 2 N–H and O–H groups in total. The number of aliphatic hydroxyl groups excluding tert-OH is 2. The first-order valence-corrected chi connectivity index (χ1v) is 6.50. The maximum absolute atomic E-state index is 10.1. The van der Waals surface area contributed by atoms with E-state index in [0.29, 0.717) is 13.0 Å². The lowest BCUT2D eigenvalue weighted by molar-refractivity contribution is -0.343. The number of hydrogen-bond acceptors (Lipinski definition) is 5. The lowest BCUT2D eigenvalue weighted by Crippen LogP contribution is -2.64. The summed E-state index contributed by atoms with van der Waals surface area (Å²) < 4.78 is 17.1. The predicted octanol–water partition coefficient (Wildman–Crippen LogP) is 0.613. The fraction of sp³-hybridized carbons (Fsp3) is 0.571. The van der Waals surface area contributed by atoms with Crippen LogP contribution in [0.4, 0.5) is 0 Å². The SMILES string of the molecule is OCC12COC(c3ccccc3)OC1C(O)CCO2. The normalized spacial score (nSPS) is 38.7. The average molecular weight is 266 g/mol. The van der Waals surface area contributed by atoms with Gasteiger partial charge in [-0.2, -0.15) is 0 Å². The Morgan fingerprint density at radius 3 is 2.79 bits per heavy atom. The average Bonchev–Trinajstić information content (AvgIpc) is 2.48. The summed E-state index contributed by atoms with van der Waals surface area (Å²) in [5.74, 6) is 0. The minimum absolute atomic E-state index is 0.213. The third-order valence-corrected chi connectivity index (χ3v) is 3.76. The number of rotatable bonds is 2. The van der Waals surface area contributed by atoms with E-state index in [-0.39, 0.29) is 13.2 Å². The molecule has 2 fully saturated rings. The first kappa shape index (κ1) is 13.0. The number of aliphatic hydroxyl groups is 2. The highest BCUT2D eigenvalue weighted by atomic mass is 16.7. The standard InChI is InChI=1S/C14H18O5/c15-8-14-9-17-13(10-4-2-1-3-5-10)19-12(14)11(16)6-7-18-14/h1-5,11-13,15-16H,6-9H2. The van der Waals surface area contributed by atoms with Crippen molar-refractivity contribution in [3.8, 4) is 0 Å². The molecule has 5 nitrogen and oxygen atoms in total. The van der Waals surface area contributed by atoms with Gasteiger partial charge < -0.3 is 24.4 Å². The summed E-state index contributed by atoms with van der Waals surface area (Å²) in [4.78, 5) is 0. The van der Waals surface area contributed by atoms with Gasteiger partial charge in [-0.15, -0.1) is 0 Å². The van der Waals surface area contributed by atoms with Crippen LogP contribution in [0, 0.1) is 0 Å². The van der Waals surface area contributed by atoms with E-state index in [2.05, 4.69) is 0 Å². The molecule has 5 heteroatoms. The summed E-state index contributed by atoms with van der Waals surface area (Å²) >= 11 is 0. The zero-order chi connectivity index (χ0) is 13.3. The number of hydrogen-bond donors (Lipinski definition) is 2. The Balaban J connectivity index is 1.81. The Morgan fingerprint density at radius 1 is 1.26 bits per heavy atom. The first-order valence-electron chi connectivity index (χ1n) is 6.50. The zero-order valence-electron chi connectivity index (χ0n) is 10.6. The second-order valence-corrected chi connectivity index (χ2v) is 5.04. The third-order valence-electron chi connectivity index (χ3n) is 3.76. The second-order valence-electron chi connectivity index (χ2n) is 5.04. The molecule has 4 unspecified atom stereocenters. The van der Waals surface area contributed by atoms with Crippen LogP contribution in [0.5, 0.6) is 0 Å². The maximum atomic E-state index is 10.1. The van der Waals surface area contributed by atoms with Gasteiger partial charge in [0.1, 0.15) is 11.7 Å². The first-order chi connectivity index (χ1) is 9.25. The van der Waals surface area contributed by atoms with Crippen molar-refractivity contribution in [3.63, 3.8) is 0 Å². The molecule has 2 aliphatic rings. The van der Waals surface area contributed by atoms with Crippen molar-refractivity contribution in [1.82, 2.24) is 0 Å². The summed E-state index contributed by atoms with van der Waals surface area (Å²) in [7, 11) is 0. The van der Waals surface area contributed by atoms with E-state index >= 15 is 0 Å². The molecule has 0 aliphatic carbocycles. The van der Waals surface area contributed by atoms with E-state index in [0.717, 1.165) is 5.56 Å². The maximum Gasteiger partial charge on any atom is 0.184 e. The van der Waals surface area contributed by atoms with Crippen LogP contribution >= 0.6 is 0 Å². The molecule has 1 aromatic rings. The van der Waals surface area contributed by atoms with Crippen LogP contribution in [0.15, 0.2) is 30.3 Å². The minimum atomic E-state index is -0.942. The molecule has 4 atom stereocenters. The largest absolute Gasteiger partial charge is 0.393 e. The van der Waals surface area contributed by atoms with Gasteiger partial charge in [-0.1, -0.05) is 30.3 Å². The molecule has 19 heavy (non-hydrogen) atoms. The highest BCUT2D eigenvalue weighted by Gasteiger charge is 2.52. The van der Waals surface area contributed by atoms with Crippen molar-refractivity contribution < 1.29 is 24.4 Å². The van der Waals surface area contributed by atoms with E-state index in [4.69, 9.17) is 14.2 Å².